The summed E-state index contributed by atoms with van der Waals surface area (Å²) >= 11 is 0. The van der Waals surface area contributed by atoms with Gasteiger partial charge >= 0.3 is 0 Å². The Morgan fingerprint density at radius 2 is 2.10 bits per heavy atom. The van der Waals surface area contributed by atoms with Gasteiger partial charge in [0.05, 0.1) is 0 Å². The van der Waals surface area contributed by atoms with Crippen LogP contribution in [-0.4, -0.2) is 5.16 Å². The average Bonchev–Trinajstić information content (AvgIpc) is 2.59. The van der Waals surface area contributed by atoms with Crippen molar-refractivity contribution in [1.29, 1.82) is 0 Å². The molecule has 6 nitrogen and oxygen atoms in total. The molecule has 0 spiro atoms. The molecule has 1 aromatic heterocycles. The van der Waals surface area contributed by atoms with Crippen LogP contribution in [0.5, 0.6) is 0 Å². The molecule has 0 aliphatic carbocycles. The molecule has 0 aromatic carbocycles. The van der Waals surface area contributed by atoms with Crippen LogP contribution in [0.1, 0.15) is 11.9 Å². The lowest BCUT2D eigenvalue weighted by Gasteiger charge is -1.89. The highest BCUT2D eigenvalue weighted by molar-refractivity contribution is 5.01. The summed E-state index contributed by atoms with van der Waals surface area (Å²) in [5, 5.41) is 17.6. The number of rotatable bonds is 1. The zero-order valence-corrected chi connectivity index (χ0v) is 4.88. The van der Waals surface area contributed by atoms with E-state index in [1.807, 2.05) is 0 Å². The molecule has 10 heavy (non-hydrogen) atoms. The van der Waals surface area contributed by atoms with Crippen molar-refractivity contribution in [3.8, 4) is 0 Å². The van der Waals surface area contributed by atoms with Crippen molar-refractivity contribution in [2.75, 3.05) is 0 Å². The predicted molar refractivity (Wildman–Crippen MR) is 29.0 cm³/mol. The Morgan fingerprint density at radius 3 is 2.70 bits per heavy atom. The summed E-state index contributed by atoms with van der Waals surface area (Å²) in [5.41, 5.74) is 0.630. The van der Waals surface area contributed by atoms with Crippen molar-refractivity contribution in [2.24, 2.45) is 20.7 Å². The van der Waals surface area contributed by atoms with Crippen molar-refractivity contribution >= 4 is 0 Å². The normalized spacial score (nSPS) is 16.8. The summed E-state index contributed by atoms with van der Waals surface area (Å²) in [6.45, 7) is 0. The van der Waals surface area contributed by atoms with Crippen LogP contribution in [0.3, 0.4) is 0 Å². The van der Waals surface area contributed by atoms with E-state index < -0.39 is 6.17 Å². The first-order valence-electron chi connectivity index (χ1n) is 2.67. The van der Waals surface area contributed by atoms with E-state index in [-0.39, 0.29) is 0 Å². The third kappa shape index (κ3) is 0.697. The van der Waals surface area contributed by atoms with E-state index in [0.717, 1.165) is 0 Å². The lowest BCUT2D eigenvalue weighted by molar-refractivity contribution is 0.406. The van der Waals surface area contributed by atoms with Gasteiger partial charge in [0.1, 0.15) is 12.0 Å². The van der Waals surface area contributed by atoms with Crippen molar-refractivity contribution in [2.45, 2.75) is 6.17 Å². The van der Waals surface area contributed by atoms with E-state index in [0.29, 0.717) is 5.69 Å². The molecule has 2 heterocycles. The molecule has 1 aliphatic rings. The SMILES string of the molecule is c1cc(C2N=NN=N2)no1. The van der Waals surface area contributed by atoms with E-state index in [2.05, 4.69) is 30.4 Å². The first kappa shape index (κ1) is 5.21. The third-order valence-corrected chi connectivity index (χ3v) is 1.08. The molecular weight excluding hydrogens is 134 g/mol. The largest absolute Gasteiger partial charge is 0.364 e. The van der Waals surface area contributed by atoms with Crippen LogP contribution in [0.25, 0.3) is 0 Å². The molecule has 0 saturated heterocycles. The standard InChI is InChI=1S/C4H3N5O/c1-2-10-7-3(1)4-5-8-9-6-4/h1-2,4H. The van der Waals surface area contributed by atoms with Crippen molar-refractivity contribution < 1.29 is 4.52 Å². The molecule has 1 aliphatic heterocycles. The van der Waals surface area contributed by atoms with Crippen LogP contribution in [0.4, 0.5) is 0 Å². The van der Waals surface area contributed by atoms with E-state index >= 15 is 0 Å². The minimum Gasteiger partial charge on any atom is -0.364 e. The number of aromatic nitrogens is 1. The average molecular weight is 137 g/mol. The lowest BCUT2D eigenvalue weighted by atomic mass is 10.4. The Labute approximate surface area is 55.6 Å². The minimum absolute atomic E-state index is 0.390. The van der Waals surface area contributed by atoms with Gasteiger partial charge in [0.25, 0.3) is 0 Å². The Kier molecular flexibility index (Phi) is 1.03. The monoisotopic (exact) mass is 137 g/mol. The molecular formula is C4H3N5O. The van der Waals surface area contributed by atoms with Crippen molar-refractivity contribution in [3.63, 3.8) is 0 Å². The quantitative estimate of drug-likeness (QED) is 0.588. The lowest BCUT2D eigenvalue weighted by Crippen LogP contribution is -1.86. The van der Waals surface area contributed by atoms with E-state index in [4.69, 9.17) is 0 Å². The second-order valence-corrected chi connectivity index (χ2v) is 1.71. The molecule has 0 unspecified atom stereocenters. The van der Waals surface area contributed by atoms with Crippen LogP contribution in [0.15, 0.2) is 37.5 Å². The van der Waals surface area contributed by atoms with Crippen LogP contribution in [0, 0.1) is 0 Å². The van der Waals surface area contributed by atoms with Gasteiger partial charge in [-0.2, -0.15) is 0 Å². The molecule has 0 atom stereocenters. The van der Waals surface area contributed by atoms with Gasteiger partial charge in [-0.1, -0.05) is 5.16 Å². The molecule has 0 bridgehead atoms. The fourth-order valence-electron chi connectivity index (χ4n) is 0.640. The molecule has 6 heteroatoms. The molecule has 0 saturated carbocycles. The number of hydrogen-bond acceptors (Lipinski definition) is 6. The van der Waals surface area contributed by atoms with Gasteiger partial charge in [-0.3, -0.25) is 0 Å². The zero-order chi connectivity index (χ0) is 6.81. The van der Waals surface area contributed by atoms with E-state index in [1.54, 1.807) is 6.07 Å². The maximum Gasteiger partial charge on any atom is 0.230 e. The summed E-state index contributed by atoms with van der Waals surface area (Å²) in [7, 11) is 0. The molecule has 0 N–H and O–H groups in total. The van der Waals surface area contributed by atoms with Gasteiger partial charge < -0.3 is 4.52 Å². The van der Waals surface area contributed by atoms with Gasteiger partial charge in [-0.15, -0.1) is 10.2 Å². The van der Waals surface area contributed by atoms with Crippen LogP contribution >= 0.6 is 0 Å². The first-order chi connectivity index (χ1) is 4.97. The smallest absolute Gasteiger partial charge is 0.230 e. The van der Waals surface area contributed by atoms with E-state index in [1.165, 1.54) is 6.26 Å². The third-order valence-electron chi connectivity index (χ3n) is 1.08. The van der Waals surface area contributed by atoms with Gasteiger partial charge in [-0.25, -0.2) is 0 Å². The predicted octanol–water partition coefficient (Wildman–Crippen LogP) is 1.51. The molecule has 0 fully saturated rings. The van der Waals surface area contributed by atoms with Crippen molar-refractivity contribution in [1.82, 2.24) is 5.16 Å². The first-order valence-corrected chi connectivity index (χ1v) is 2.67. The van der Waals surface area contributed by atoms with Gasteiger partial charge in [0.2, 0.25) is 6.17 Å². The second-order valence-electron chi connectivity index (χ2n) is 1.71. The summed E-state index contributed by atoms with van der Waals surface area (Å²) in [6.07, 6.45) is 1.07. The van der Waals surface area contributed by atoms with Gasteiger partial charge in [0, 0.05) is 6.07 Å². The van der Waals surface area contributed by atoms with Crippen LogP contribution in [-0.2, 0) is 0 Å². The fourth-order valence-corrected chi connectivity index (χ4v) is 0.640. The molecule has 50 valence electrons. The molecule has 0 amide bonds. The minimum atomic E-state index is -0.390. The fraction of sp³-hybridized carbons (Fsp3) is 0.250. The summed E-state index contributed by atoms with van der Waals surface area (Å²) < 4.78 is 4.57. The van der Waals surface area contributed by atoms with E-state index in [9.17, 15) is 0 Å². The maximum absolute atomic E-state index is 4.57. The molecule has 2 rings (SSSR count). The molecule has 0 radical (unpaired) electrons. The second kappa shape index (κ2) is 1.98. The number of hydrogen-bond donors (Lipinski definition) is 0. The molecule has 1 aromatic rings. The summed E-state index contributed by atoms with van der Waals surface area (Å²) in [6, 6.07) is 1.67. The Bertz CT molecular complexity index is 251. The van der Waals surface area contributed by atoms with Crippen LogP contribution in [0.2, 0.25) is 0 Å². The highest BCUT2D eigenvalue weighted by Crippen LogP contribution is 2.21. The highest BCUT2D eigenvalue weighted by Gasteiger charge is 2.14. The van der Waals surface area contributed by atoms with Gasteiger partial charge in [0.15, 0.2) is 0 Å². The zero-order valence-electron chi connectivity index (χ0n) is 4.88. The Balaban J connectivity index is 2.29. The number of nitrogens with zero attached hydrogens (tertiary/aromatic N) is 5. The summed E-state index contributed by atoms with van der Waals surface area (Å²) in [4.78, 5) is 0. The topological polar surface area (TPSA) is 75.5 Å². The Hall–Kier alpha value is -1.59. The Morgan fingerprint density at radius 1 is 1.30 bits per heavy atom. The maximum atomic E-state index is 4.57. The highest BCUT2D eigenvalue weighted by atomic mass is 16.5. The summed E-state index contributed by atoms with van der Waals surface area (Å²) in [5.74, 6) is 0. The van der Waals surface area contributed by atoms with Crippen molar-refractivity contribution in [3.05, 3.63) is 18.0 Å². The van der Waals surface area contributed by atoms with Crippen LogP contribution < -0.4 is 0 Å². The van der Waals surface area contributed by atoms with Gasteiger partial charge in [-0.05, 0) is 10.4 Å².